The first-order valence-electron chi connectivity index (χ1n) is 4.62. The van der Waals surface area contributed by atoms with Crippen molar-refractivity contribution in [3.05, 3.63) is 0 Å². The van der Waals surface area contributed by atoms with Crippen LogP contribution in [0.25, 0.3) is 0 Å². The zero-order valence-electron chi connectivity index (χ0n) is 8.01. The summed E-state index contributed by atoms with van der Waals surface area (Å²) in [5, 5.41) is 3.32. The van der Waals surface area contributed by atoms with Crippen LogP contribution in [0, 0.1) is 12.3 Å². The van der Waals surface area contributed by atoms with Crippen LogP contribution in [0.3, 0.4) is 0 Å². The van der Waals surface area contributed by atoms with Crippen LogP contribution in [0.4, 0.5) is 0 Å². The van der Waals surface area contributed by atoms with Gasteiger partial charge in [-0.25, -0.2) is 0 Å². The van der Waals surface area contributed by atoms with E-state index in [0.717, 1.165) is 13.1 Å². The minimum atomic E-state index is 0.632. The Morgan fingerprint density at radius 2 is 2.42 bits per heavy atom. The number of terminal acetylenes is 1. The Labute approximate surface area is 75.3 Å². The van der Waals surface area contributed by atoms with Gasteiger partial charge in [-0.2, -0.15) is 0 Å². The monoisotopic (exact) mass is 166 g/mol. The van der Waals surface area contributed by atoms with Crippen molar-refractivity contribution in [2.45, 2.75) is 31.8 Å². The summed E-state index contributed by atoms with van der Waals surface area (Å²) in [6.45, 7) is 4.19. The lowest BCUT2D eigenvalue weighted by Gasteiger charge is -2.36. The number of rotatable bonds is 2. The number of nitrogens with zero attached hydrogens (tertiary/aromatic N) is 1. The molecule has 0 aromatic rings. The van der Waals surface area contributed by atoms with Gasteiger partial charge in [0.05, 0.1) is 6.54 Å². The first-order valence-corrected chi connectivity index (χ1v) is 4.62. The maximum atomic E-state index is 5.28. The van der Waals surface area contributed by atoms with Crippen molar-refractivity contribution in [2.75, 3.05) is 20.1 Å². The lowest BCUT2D eigenvalue weighted by Crippen LogP contribution is -2.46. The van der Waals surface area contributed by atoms with Gasteiger partial charge in [0.25, 0.3) is 0 Å². The molecular formula is C10H18N2. The van der Waals surface area contributed by atoms with E-state index in [0.29, 0.717) is 12.1 Å². The molecule has 2 nitrogen and oxygen atoms in total. The molecule has 1 rings (SSSR count). The van der Waals surface area contributed by atoms with Crippen LogP contribution in [0.5, 0.6) is 0 Å². The first-order chi connectivity index (χ1) is 5.77. The lowest BCUT2D eigenvalue weighted by molar-refractivity contribution is 0.156. The van der Waals surface area contributed by atoms with E-state index >= 15 is 0 Å². The van der Waals surface area contributed by atoms with Crippen molar-refractivity contribution in [3.8, 4) is 12.3 Å². The highest BCUT2D eigenvalue weighted by Crippen LogP contribution is 2.15. The molecule has 68 valence electrons. The average Bonchev–Trinajstić information content (AvgIpc) is 2.09. The third-order valence-corrected chi connectivity index (χ3v) is 2.72. The van der Waals surface area contributed by atoms with Gasteiger partial charge >= 0.3 is 0 Å². The van der Waals surface area contributed by atoms with Gasteiger partial charge in [0, 0.05) is 18.6 Å². The molecule has 1 saturated heterocycles. The number of likely N-dealkylation sites (tertiary alicyclic amines) is 1. The van der Waals surface area contributed by atoms with Crippen LogP contribution in [-0.4, -0.2) is 37.1 Å². The van der Waals surface area contributed by atoms with Crippen molar-refractivity contribution in [1.29, 1.82) is 0 Å². The highest BCUT2D eigenvalue weighted by atomic mass is 15.2. The van der Waals surface area contributed by atoms with Crippen LogP contribution in [0.1, 0.15) is 19.8 Å². The second kappa shape index (κ2) is 4.49. The molecule has 12 heavy (non-hydrogen) atoms. The van der Waals surface area contributed by atoms with Gasteiger partial charge < -0.3 is 5.32 Å². The Hall–Kier alpha value is -0.520. The van der Waals surface area contributed by atoms with Gasteiger partial charge in [-0.05, 0) is 26.8 Å². The van der Waals surface area contributed by atoms with Gasteiger partial charge in [0.15, 0.2) is 0 Å². The minimum Gasteiger partial charge on any atom is -0.317 e. The predicted molar refractivity (Wildman–Crippen MR) is 51.9 cm³/mol. The molecule has 0 saturated carbocycles. The molecule has 2 heteroatoms. The van der Waals surface area contributed by atoms with E-state index in [-0.39, 0.29) is 0 Å². The summed E-state index contributed by atoms with van der Waals surface area (Å²) in [7, 11) is 2.04. The second-order valence-electron chi connectivity index (χ2n) is 3.53. The van der Waals surface area contributed by atoms with Crippen molar-refractivity contribution >= 4 is 0 Å². The summed E-state index contributed by atoms with van der Waals surface area (Å²) < 4.78 is 0. The van der Waals surface area contributed by atoms with E-state index in [9.17, 15) is 0 Å². The molecule has 0 radical (unpaired) electrons. The molecule has 1 N–H and O–H groups in total. The highest BCUT2D eigenvalue weighted by Gasteiger charge is 2.23. The third kappa shape index (κ3) is 2.23. The lowest BCUT2D eigenvalue weighted by atomic mass is 9.99. The summed E-state index contributed by atoms with van der Waals surface area (Å²) in [6, 6.07) is 1.32. The molecule has 0 aliphatic carbocycles. The summed E-state index contributed by atoms with van der Waals surface area (Å²) >= 11 is 0. The van der Waals surface area contributed by atoms with Crippen LogP contribution in [-0.2, 0) is 0 Å². The molecule has 0 amide bonds. The molecule has 2 atom stereocenters. The van der Waals surface area contributed by atoms with Gasteiger partial charge in [-0.1, -0.05) is 5.92 Å². The van der Waals surface area contributed by atoms with Crippen LogP contribution >= 0.6 is 0 Å². The van der Waals surface area contributed by atoms with Gasteiger partial charge in [-0.3, -0.25) is 4.90 Å². The number of hydrogen-bond donors (Lipinski definition) is 1. The van der Waals surface area contributed by atoms with Crippen molar-refractivity contribution in [1.82, 2.24) is 10.2 Å². The predicted octanol–water partition coefficient (Wildman–Crippen LogP) is 0.692. The Morgan fingerprint density at radius 1 is 1.67 bits per heavy atom. The highest BCUT2D eigenvalue weighted by molar-refractivity contribution is 4.92. The quantitative estimate of drug-likeness (QED) is 0.607. The van der Waals surface area contributed by atoms with Gasteiger partial charge in [-0.15, -0.1) is 6.42 Å². The van der Waals surface area contributed by atoms with E-state index in [1.54, 1.807) is 0 Å². The van der Waals surface area contributed by atoms with Crippen molar-refractivity contribution < 1.29 is 0 Å². The summed E-state index contributed by atoms with van der Waals surface area (Å²) in [5.41, 5.74) is 0. The number of piperidine rings is 1. The fraction of sp³-hybridized carbons (Fsp3) is 0.800. The van der Waals surface area contributed by atoms with E-state index in [2.05, 4.69) is 23.1 Å². The van der Waals surface area contributed by atoms with E-state index < -0.39 is 0 Å². The molecule has 1 fully saturated rings. The number of hydrogen-bond acceptors (Lipinski definition) is 2. The Bertz CT molecular complexity index is 171. The van der Waals surface area contributed by atoms with E-state index in [1.165, 1.54) is 12.8 Å². The Balaban J connectivity index is 2.38. The normalized spacial score (nSPS) is 31.4. The van der Waals surface area contributed by atoms with Gasteiger partial charge in [0.1, 0.15) is 0 Å². The minimum absolute atomic E-state index is 0.632. The zero-order valence-corrected chi connectivity index (χ0v) is 8.01. The fourth-order valence-corrected chi connectivity index (χ4v) is 1.84. The Kier molecular flexibility index (Phi) is 3.58. The van der Waals surface area contributed by atoms with Crippen LogP contribution in [0.15, 0.2) is 0 Å². The molecule has 0 bridgehead atoms. The summed E-state index contributed by atoms with van der Waals surface area (Å²) in [6.07, 6.45) is 7.73. The fourth-order valence-electron chi connectivity index (χ4n) is 1.84. The summed E-state index contributed by atoms with van der Waals surface area (Å²) in [5.74, 6) is 2.71. The SMILES string of the molecule is C#CCN1CCC(NC)CC1C. The zero-order chi connectivity index (χ0) is 8.97. The average molecular weight is 166 g/mol. The molecule has 0 aromatic heterocycles. The maximum Gasteiger partial charge on any atom is 0.0601 e. The van der Waals surface area contributed by atoms with Crippen LogP contribution < -0.4 is 5.32 Å². The maximum absolute atomic E-state index is 5.28. The van der Waals surface area contributed by atoms with Crippen molar-refractivity contribution in [2.24, 2.45) is 0 Å². The molecule has 0 spiro atoms. The molecule has 1 aliphatic rings. The first kappa shape index (κ1) is 9.57. The van der Waals surface area contributed by atoms with E-state index in [4.69, 9.17) is 6.42 Å². The Morgan fingerprint density at radius 3 is 2.92 bits per heavy atom. The standard InChI is InChI=1S/C10H18N2/c1-4-6-12-7-5-10(11-3)8-9(12)2/h1,9-11H,5-8H2,2-3H3. The largest absolute Gasteiger partial charge is 0.317 e. The van der Waals surface area contributed by atoms with Gasteiger partial charge in [0.2, 0.25) is 0 Å². The molecular weight excluding hydrogens is 148 g/mol. The van der Waals surface area contributed by atoms with Crippen LogP contribution in [0.2, 0.25) is 0 Å². The summed E-state index contributed by atoms with van der Waals surface area (Å²) in [4.78, 5) is 2.37. The topological polar surface area (TPSA) is 15.3 Å². The second-order valence-corrected chi connectivity index (χ2v) is 3.53. The molecule has 0 aromatic carbocycles. The van der Waals surface area contributed by atoms with E-state index in [1.807, 2.05) is 7.05 Å². The smallest absolute Gasteiger partial charge is 0.0601 e. The molecule has 1 aliphatic heterocycles. The molecule has 1 heterocycles. The molecule has 2 unspecified atom stereocenters. The van der Waals surface area contributed by atoms with Crippen molar-refractivity contribution in [3.63, 3.8) is 0 Å². The third-order valence-electron chi connectivity index (χ3n) is 2.72. The number of nitrogens with one attached hydrogen (secondary N) is 1.